The Balaban J connectivity index is 1.86. The molecule has 2 amide bonds. The average Bonchev–Trinajstić information content (AvgIpc) is 2.63. The molecule has 2 aromatic carbocycles. The molecule has 0 radical (unpaired) electrons. The summed E-state index contributed by atoms with van der Waals surface area (Å²) < 4.78 is 5.26. The lowest BCUT2D eigenvalue weighted by Crippen LogP contribution is -2.58. The van der Waals surface area contributed by atoms with Crippen molar-refractivity contribution in [1.29, 1.82) is 0 Å². The molecular formula is C20H22N2O3. The maximum Gasteiger partial charge on any atom is 0.246 e. The van der Waals surface area contributed by atoms with Crippen molar-refractivity contribution < 1.29 is 14.3 Å². The van der Waals surface area contributed by atoms with Crippen molar-refractivity contribution >= 4 is 17.5 Å². The van der Waals surface area contributed by atoms with Gasteiger partial charge in [0, 0.05) is 25.2 Å². The fourth-order valence-electron chi connectivity index (χ4n) is 3.23. The monoisotopic (exact) mass is 338 g/mol. The normalized spacial score (nSPS) is 17.5. The number of carbonyl (C=O) groups is 2. The van der Waals surface area contributed by atoms with Gasteiger partial charge in [-0.05, 0) is 24.1 Å². The molecule has 0 saturated carbocycles. The number of hydrogen-bond donors (Lipinski definition) is 0. The second kappa shape index (κ2) is 7.38. The Kier molecular flexibility index (Phi) is 5.03. The van der Waals surface area contributed by atoms with Crippen molar-refractivity contribution in [1.82, 2.24) is 4.90 Å². The summed E-state index contributed by atoms with van der Waals surface area (Å²) in [6.45, 7) is 2.09. The predicted molar refractivity (Wildman–Crippen MR) is 96.7 cm³/mol. The highest BCUT2D eigenvalue weighted by Crippen LogP contribution is 2.25. The summed E-state index contributed by atoms with van der Waals surface area (Å²) in [6, 6.07) is 17.4. The number of carbonyl (C=O) groups excluding carboxylic acids is 2. The van der Waals surface area contributed by atoms with E-state index in [0.29, 0.717) is 18.7 Å². The maximum absolute atomic E-state index is 12.6. The molecule has 1 aliphatic rings. The Morgan fingerprint density at radius 2 is 1.92 bits per heavy atom. The van der Waals surface area contributed by atoms with Crippen LogP contribution in [0.1, 0.15) is 12.5 Å². The van der Waals surface area contributed by atoms with Gasteiger partial charge >= 0.3 is 0 Å². The SMILES string of the molecule is COc1cccc(N2C[C@@H](Cc3ccccc3)N(C(C)=O)CC2=O)c1. The van der Waals surface area contributed by atoms with Gasteiger partial charge in [-0.3, -0.25) is 9.59 Å². The molecule has 130 valence electrons. The molecule has 1 saturated heterocycles. The highest BCUT2D eigenvalue weighted by Gasteiger charge is 2.34. The zero-order chi connectivity index (χ0) is 17.8. The van der Waals surface area contributed by atoms with E-state index in [-0.39, 0.29) is 24.4 Å². The number of rotatable bonds is 4. The van der Waals surface area contributed by atoms with Crippen LogP contribution in [-0.4, -0.2) is 43.0 Å². The van der Waals surface area contributed by atoms with Crippen LogP contribution in [0.25, 0.3) is 0 Å². The average molecular weight is 338 g/mol. The summed E-state index contributed by atoms with van der Waals surface area (Å²) in [6.07, 6.45) is 0.716. The molecule has 2 aromatic rings. The Morgan fingerprint density at radius 1 is 1.16 bits per heavy atom. The Labute approximate surface area is 147 Å². The van der Waals surface area contributed by atoms with E-state index in [1.807, 2.05) is 54.6 Å². The number of hydrogen-bond acceptors (Lipinski definition) is 3. The number of nitrogens with zero attached hydrogens (tertiary/aromatic N) is 2. The Morgan fingerprint density at radius 3 is 2.60 bits per heavy atom. The Hall–Kier alpha value is -2.82. The van der Waals surface area contributed by atoms with Crippen molar-refractivity contribution in [2.45, 2.75) is 19.4 Å². The molecule has 0 aromatic heterocycles. The summed E-state index contributed by atoms with van der Waals surface area (Å²) in [5, 5.41) is 0. The third-order valence-electron chi connectivity index (χ3n) is 4.52. The van der Waals surface area contributed by atoms with Crippen LogP contribution in [0.5, 0.6) is 5.75 Å². The van der Waals surface area contributed by atoms with Crippen LogP contribution < -0.4 is 9.64 Å². The zero-order valence-electron chi connectivity index (χ0n) is 14.5. The fraction of sp³-hybridized carbons (Fsp3) is 0.300. The van der Waals surface area contributed by atoms with E-state index in [2.05, 4.69) is 0 Å². The summed E-state index contributed by atoms with van der Waals surface area (Å²) in [4.78, 5) is 28.0. The largest absolute Gasteiger partial charge is 0.497 e. The van der Waals surface area contributed by atoms with Gasteiger partial charge in [-0.15, -0.1) is 0 Å². The number of benzene rings is 2. The molecule has 5 heteroatoms. The smallest absolute Gasteiger partial charge is 0.246 e. The number of anilines is 1. The third kappa shape index (κ3) is 3.82. The Bertz CT molecular complexity index is 761. The first-order valence-corrected chi connectivity index (χ1v) is 8.34. The molecular weight excluding hydrogens is 316 g/mol. The fourth-order valence-corrected chi connectivity index (χ4v) is 3.23. The molecule has 1 atom stereocenters. The van der Waals surface area contributed by atoms with Crippen molar-refractivity contribution in [2.75, 3.05) is 25.1 Å². The molecule has 0 N–H and O–H groups in total. The number of ether oxygens (including phenoxy) is 1. The van der Waals surface area contributed by atoms with Crippen LogP contribution in [0.15, 0.2) is 54.6 Å². The summed E-state index contributed by atoms with van der Waals surface area (Å²) >= 11 is 0. The van der Waals surface area contributed by atoms with Crippen LogP contribution >= 0.6 is 0 Å². The minimum atomic E-state index is -0.0761. The summed E-state index contributed by atoms with van der Waals surface area (Å²) in [5.74, 6) is 0.561. The van der Waals surface area contributed by atoms with Gasteiger partial charge in [0.1, 0.15) is 12.3 Å². The van der Waals surface area contributed by atoms with Gasteiger partial charge in [0.15, 0.2) is 0 Å². The lowest BCUT2D eigenvalue weighted by molar-refractivity contribution is -0.137. The van der Waals surface area contributed by atoms with Crippen LogP contribution in [0.2, 0.25) is 0 Å². The molecule has 1 heterocycles. The van der Waals surface area contributed by atoms with E-state index < -0.39 is 0 Å². The second-order valence-electron chi connectivity index (χ2n) is 6.20. The van der Waals surface area contributed by atoms with E-state index in [4.69, 9.17) is 4.74 Å². The highest BCUT2D eigenvalue weighted by molar-refractivity contribution is 5.98. The van der Waals surface area contributed by atoms with Gasteiger partial charge < -0.3 is 14.5 Å². The van der Waals surface area contributed by atoms with Crippen molar-refractivity contribution in [3.8, 4) is 5.75 Å². The molecule has 0 spiro atoms. The standard InChI is InChI=1S/C20H22N2O3/c1-15(23)21-14-20(24)22(17-9-6-10-19(12-17)25-2)13-18(21)11-16-7-4-3-5-8-16/h3-10,12,18H,11,13-14H2,1-2H3/t18-/m1/s1. The van der Waals surface area contributed by atoms with Crippen molar-refractivity contribution in [2.24, 2.45) is 0 Å². The lowest BCUT2D eigenvalue weighted by atomic mass is 10.0. The van der Waals surface area contributed by atoms with Gasteiger partial charge in [0.25, 0.3) is 0 Å². The minimum absolute atomic E-state index is 0.0520. The maximum atomic E-state index is 12.6. The van der Waals surface area contributed by atoms with Gasteiger partial charge in [0.05, 0.1) is 13.2 Å². The number of amides is 2. The van der Waals surface area contributed by atoms with E-state index in [0.717, 1.165) is 11.3 Å². The van der Waals surface area contributed by atoms with Crippen LogP contribution in [0, 0.1) is 0 Å². The predicted octanol–water partition coefficient (Wildman–Crippen LogP) is 2.50. The van der Waals surface area contributed by atoms with E-state index in [1.165, 1.54) is 6.92 Å². The highest BCUT2D eigenvalue weighted by atomic mass is 16.5. The molecule has 5 nitrogen and oxygen atoms in total. The number of piperazine rings is 1. The summed E-state index contributed by atoms with van der Waals surface area (Å²) in [5.41, 5.74) is 1.95. The molecule has 0 bridgehead atoms. The quantitative estimate of drug-likeness (QED) is 0.861. The van der Waals surface area contributed by atoms with Crippen LogP contribution in [-0.2, 0) is 16.0 Å². The number of methoxy groups -OCH3 is 1. The second-order valence-corrected chi connectivity index (χ2v) is 6.20. The van der Waals surface area contributed by atoms with Crippen molar-refractivity contribution in [3.63, 3.8) is 0 Å². The van der Waals surface area contributed by atoms with E-state index in [9.17, 15) is 9.59 Å². The minimum Gasteiger partial charge on any atom is -0.497 e. The van der Waals surface area contributed by atoms with E-state index >= 15 is 0 Å². The van der Waals surface area contributed by atoms with Crippen molar-refractivity contribution in [3.05, 3.63) is 60.2 Å². The molecule has 1 fully saturated rings. The van der Waals surface area contributed by atoms with Crippen LogP contribution in [0.4, 0.5) is 5.69 Å². The molecule has 3 rings (SSSR count). The lowest BCUT2D eigenvalue weighted by Gasteiger charge is -2.40. The summed E-state index contributed by atoms with van der Waals surface area (Å²) in [7, 11) is 1.60. The van der Waals surface area contributed by atoms with Gasteiger partial charge in [-0.2, -0.15) is 0 Å². The van der Waals surface area contributed by atoms with Gasteiger partial charge in [0.2, 0.25) is 11.8 Å². The first-order valence-electron chi connectivity index (χ1n) is 8.34. The van der Waals surface area contributed by atoms with Gasteiger partial charge in [-0.25, -0.2) is 0 Å². The van der Waals surface area contributed by atoms with Gasteiger partial charge in [-0.1, -0.05) is 36.4 Å². The molecule has 1 aliphatic heterocycles. The first kappa shape index (κ1) is 17.0. The topological polar surface area (TPSA) is 49.9 Å². The molecule has 0 unspecified atom stereocenters. The molecule has 25 heavy (non-hydrogen) atoms. The zero-order valence-corrected chi connectivity index (χ0v) is 14.5. The third-order valence-corrected chi connectivity index (χ3v) is 4.52. The van der Waals surface area contributed by atoms with Crippen LogP contribution in [0.3, 0.4) is 0 Å². The van der Waals surface area contributed by atoms with E-state index in [1.54, 1.807) is 16.9 Å². The first-order chi connectivity index (χ1) is 12.1. The molecule has 0 aliphatic carbocycles.